The Morgan fingerprint density at radius 1 is 0.610 bits per heavy atom. The number of halogens is 3. The molecule has 0 bridgehead atoms. The molecule has 0 heterocycles. The first-order chi connectivity index (χ1) is 17.5. The average Bonchev–Trinajstić information content (AvgIpc) is 3.30. The van der Waals surface area contributed by atoms with Crippen molar-refractivity contribution in [2.24, 2.45) is 0 Å². The topological polar surface area (TPSA) is 0 Å². The fraction of sp³-hybridized carbons (Fsp3) is 0.389. The standard InChI is InChI=1S/C36H45Si.3ClH.Ti/c1-25(2)37(26(3)4,27(5)6)35-20-19-34(24-35)36(31-16-10-13-28(7)21-31,32-17-11-14-29(8)22-32)33-18-12-15-30(9)23-33;;;;/h10-19,21-23,25-27H,20H2,1-9H3;3*1H;/q-1;;;;+4/p-3. The minimum Gasteiger partial charge on any atom is -1.00 e. The molecule has 5 heteroatoms. The summed E-state index contributed by atoms with van der Waals surface area (Å²) in [6.07, 6.45) is 7.76. The van der Waals surface area contributed by atoms with Crippen LogP contribution in [0.1, 0.15) is 81.3 Å². The van der Waals surface area contributed by atoms with Gasteiger partial charge in [-0.2, -0.15) is 5.20 Å². The van der Waals surface area contributed by atoms with Crippen molar-refractivity contribution in [1.29, 1.82) is 0 Å². The van der Waals surface area contributed by atoms with E-state index in [1.807, 2.05) is 0 Å². The quantitative estimate of drug-likeness (QED) is 0.194. The maximum absolute atomic E-state index is 4.21. The third-order valence-electron chi connectivity index (χ3n) is 8.94. The number of rotatable bonds is 8. The van der Waals surface area contributed by atoms with Crippen molar-refractivity contribution >= 4 is 8.07 Å². The van der Waals surface area contributed by atoms with Gasteiger partial charge in [0.05, 0.1) is 8.07 Å². The molecule has 0 spiro atoms. The molecule has 0 saturated heterocycles. The van der Waals surface area contributed by atoms with E-state index in [1.165, 1.54) is 39.0 Å². The molecule has 41 heavy (non-hydrogen) atoms. The predicted octanol–water partition coefficient (Wildman–Crippen LogP) is 1.23. The Morgan fingerprint density at radius 2 is 0.951 bits per heavy atom. The molecule has 1 aliphatic rings. The third-order valence-corrected chi connectivity index (χ3v) is 16.0. The van der Waals surface area contributed by atoms with Crippen molar-refractivity contribution < 1.29 is 58.9 Å². The van der Waals surface area contributed by atoms with Crippen molar-refractivity contribution in [3.05, 3.63) is 129 Å². The summed E-state index contributed by atoms with van der Waals surface area (Å²) in [6, 6.07) is 27.5. The summed E-state index contributed by atoms with van der Waals surface area (Å²) in [5, 5.41) is 1.61. The van der Waals surface area contributed by atoms with E-state index in [0.29, 0.717) is 16.6 Å². The van der Waals surface area contributed by atoms with E-state index in [0.717, 1.165) is 6.42 Å². The zero-order chi connectivity index (χ0) is 27.0. The number of benzene rings is 3. The minimum atomic E-state index is -1.80. The maximum Gasteiger partial charge on any atom is 4.00 e. The van der Waals surface area contributed by atoms with E-state index < -0.39 is 13.5 Å². The molecule has 218 valence electrons. The Balaban J connectivity index is 0.00000400. The molecular formula is C36H45Cl3SiTi. The van der Waals surface area contributed by atoms with E-state index in [4.69, 9.17) is 0 Å². The second kappa shape index (κ2) is 16.1. The van der Waals surface area contributed by atoms with E-state index >= 15 is 0 Å². The molecule has 0 fully saturated rings. The fourth-order valence-electron chi connectivity index (χ4n) is 7.65. The van der Waals surface area contributed by atoms with Crippen LogP contribution in [0.25, 0.3) is 0 Å². The van der Waals surface area contributed by atoms with Gasteiger partial charge in [-0.25, -0.2) is 11.6 Å². The summed E-state index contributed by atoms with van der Waals surface area (Å²) in [4.78, 5) is 0. The van der Waals surface area contributed by atoms with Gasteiger partial charge in [0.15, 0.2) is 0 Å². The molecular weight excluding hydrogens is 615 g/mol. The fourth-order valence-corrected chi connectivity index (χ4v) is 14.5. The van der Waals surface area contributed by atoms with Crippen molar-refractivity contribution in [3.63, 3.8) is 0 Å². The number of allylic oxidation sites excluding steroid dienone is 4. The summed E-state index contributed by atoms with van der Waals surface area (Å²) in [6.45, 7) is 21.4. The van der Waals surface area contributed by atoms with Gasteiger partial charge in [-0.3, -0.25) is 6.08 Å². The number of aryl methyl sites for hydroxylation is 3. The molecule has 0 radical (unpaired) electrons. The Bertz CT molecular complexity index is 1210. The second-order valence-corrected chi connectivity index (χ2v) is 18.1. The average molecular weight is 660 g/mol. The van der Waals surface area contributed by atoms with Crippen LogP contribution in [-0.4, -0.2) is 8.07 Å². The van der Waals surface area contributed by atoms with Crippen LogP contribution in [0, 0.1) is 26.8 Å². The molecule has 0 aromatic heterocycles. The predicted molar refractivity (Wildman–Crippen MR) is 164 cm³/mol. The summed E-state index contributed by atoms with van der Waals surface area (Å²) in [5.41, 5.74) is 10.8. The van der Waals surface area contributed by atoms with Gasteiger partial charge < -0.3 is 37.2 Å². The van der Waals surface area contributed by atoms with Crippen LogP contribution in [-0.2, 0) is 27.1 Å². The Labute approximate surface area is 285 Å². The van der Waals surface area contributed by atoms with Gasteiger partial charge >= 0.3 is 21.7 Å². The van der Waals surface area contributed by atoms with Crippen LogP contribution in [0.3, 0.4) is 0 Å². The largest absolute Gasteiger partial charge is 4.00 e. The Hall–Kier alpha value is -1.06. The zero-order valence-electron chi connectivity index (χ0n) is 26.1. The van der Waals surface area contributed by atoms with Crippen LogP contribution in [0.5, 0.6) is 0 Å². The molecule has 1 aliphatic carbocycles. The van der Waals surface area contributed by atoms with Gasteiger partial charge in [0.1, 0.15) is 0 Å². The first kappa shape index (κ1) is 39.9. The van der Waals surface area contributed by atoms with Crippen LogP contribution in [0.4, 0.5) is 0 Å². The first-order valence-electron chi connectivity index (χ1n) is 14.1. The summed E-state index contributed by atoms with van der Waals surface area (Å²) < 4.78 is 0. The second-order valence-electron chi connectivity index (χ2n) is 12.2. The third kappa shape index (κ3) is 7.19. The van der Waals surface area contributed by atoms with Crippen molar-refractivity contribution in [2.75, 3.05) is 0 Å². The van der Waals surface area contributed by atoms with Crippen LogP contribution in [0.15, 0.2) is 89.6 Å². The van der Waals surface area contributed by atoms with Crippen molar-refractivity contribution in [2.45, 2.75) is 90.8 Å². The van der Waals surface area contributed by atoms with E-state index in [1.54, 1.807) is 5.20 Å². The van der Waals surface area contributed by atoms with E-state index in [2.05, 4.69) is 147 Å². The molecule has 3 aromatic carbocycles. The molecule has 0 amide bonds. The molecule has 4 rings (SSSR count). The van der Waals surface area contributed by atoms with E-state index in [9.17, 15) is 0 Å². The Morgan fingerprint density at radius 3 is 1.24 bits per heavy atom. The van der Waals surface area contributed by atoms with Gasteiger partial charge in [-0.15, -0.1) is 6.42 Å². The minimum absolute atomic E-state index is 0. The summed E-state index contributed by atoms with van der Waals surface area (Å²) >= 11 is 0. The summed E-state index contributed by atoms with van der Waals surface area (Å²) in [7, 11) is -1.80. The van der Waals surface area contributed by atoms with Crippen LogP contribution < -0.4 is 37.2 Å². The SMILES string of the molecule is Cc1cccc(C(C2=CCC([Si](C(C)C)(C(C)C)C(C)C)=[C-]2)(c2cccc(C)c2)c2cccc(C)c2)c1.[Cl-].[Cl-].[Cl-].[Ti+4]. The molecule has 0 N–H and O–H groups in total. The summed E-state index contributed by atoms with van der Waals surface area (Å²) in [5.74, 6) is 0. The number of hydrogen-bond acceptors (Lipinski definition) is 0. The first-order valence-corrected chi connectivity index (χ1v) is 16.3. The molecule has 0 unspecified atom stereocenters. The van der Waals surface area contributed by atoms with Gasteiger partial charge in [-0.1, -0.05) is 131 Å². The van der Waals surface area contributed by atoms with Gasteiger partial charge in [0, 0.05) is 5.41 Å². The van der Waals surface area contributed by atoms with Gasteiger partial charge in [-0.05, 0) is 54.1 Å². The van der Waals surface area contributed by atoms with E-state index in [-0.39, 0.29) is 58.9 Å². The van der Waals surface area contributed by atoms with Crippen molar-refractivity contribution in [1.82, 2.24) is 0 Å². The van der Waals surface area contributed by atoms with Gasteiger partial charge in [0.2, 0.25) is 0 Å². The number of hydrogen-bond donors (Lipinski definition) is 0. The monoisotopic (exact) mass is 658 g/mol. The molecule has 0 atom stereocenters. The van der Waals surface area contributed by atoms with Crippen LogP contribution in [0.2, 0.25) is 16.6 Å². The van der Waals surface area contributed by atoms with Crippen LogP contribution >= 0.6 is 0 Å². The molecule has 3 aromatic rings. The molecule has 0 saturated carbocycles. The maximum atomic E-state index is 4.21. The molecule has 0 nitrogen and oxygen atoms in total. The zero-order valence-corrected chi connectivity index (χ0v) is 30.9. The normalized spacial score (nSPS) is 13.1. The molecule has 0 aliphatic heterocycles. The Kier molecular flexibility index (Phi) is 15.7. The van der Waals surface area contributed by atoms with Crippen molar-refractivity contribution in [3.8, 4) is 0 Å². The van der Waals surface area contributed by atoms with Gasteiger partial charge in [0.25, 0.3) is 0 Å². The smallest absolute Gasteiger partial charge is 1.00 e.